The Hall–Kier alpha value is -2.74. The zero-order valence-corrected chi connectivity index (χ0v) is 15.9. The molecule has 26 heavy (non-hydrogen) atoms. The number of benzene rings is 3. The van der Waals surface area contributed by atoms with E-state index >= 15 is 0 Å². The monoisotopic (exact) mass is 346 g/mol. The molecule has 0 saturated heterocycles. The lowest BCUT2D eigenvalue weighted by molar-refractivity contribution is 0.230. The summed E-state index contributed by atoms with van der Waals surface area (Å²) in [5.41, 5.74) is 4.43. The van der Waals surface area contributed by atoms with E-state index < -0.39 is 0 Å². The Morgan fingerprint density at radius 2 is 0.923 bits per heavy atom. The molecule has 0 bridgehead atoms. The van der Waals surface area contributed by atoms with Crippen molar-refractivity contribution in [3.63, 3.8) is 0 Å². The summed E-state index contributed by atoms with van der Waals surface area (Å²) in [5, 5.41) is 0. The molecule has 0 unspecified atom stereocenters. The predicted octanol–water partition coefficient (Wildman–Crippen LogP) is 6.60. The molecule has 2 heteroatoms. The van der Waals surface area contributed by atoms with E-state index in [9.17, 15) is 0 Å². The first-order chi connectivity index (χ1) is 12.5. The summed E-state index contributed by atoms with van der Waals surface area (Å²) < 4.78 is 12.3. The van der Waals surface area contributed by atoms with Crippen molar-refractivity contribution in [2.45, 2.75) is 39.9 Å². The topological polar surface area (TPSA) is 18.5 Å². The fraction of sp³-hybridized carbons (Fsp3) is 0.250. The maximum Gasteiger partial charge on any atom is 0.131 e. The molecule has 0 atom stereocenters. The van der Waals surface area contributed by atoms with Crippen LogP contribution < -0.4 is 9.47 Å². The standard InChI is InChI=1S/C24H26O2/c1-17(2)25-23-16-24(26-18(3)4)22(20-13-9-6-10-14-20)15-21(23)19-11-7-5-8-12-19/h5-18H,1-4H3. The molecule has 3 aromatic rings. The molecule has 0 N–H and O–H groups in total. The number of rotatable bonds is 6. The van der Waals surface area contributed by atoms with Crippen molar-refractivity contribution in [3.05, 3.63) is 72.8 Å². The van der Waals surface area contributed by atoms with Crippen LogP contribution in [0.5, 0.6) is 11.5 Å². The molecule has 0 aliphatic heterocycles. The summed E-state index contributed by atoms with van der Waals surface area (Å²) in [6.07, 6.45) is 0.180. The maximum absolute atomic E-state index is 6.13. The smallest absolute Gasteiger partial charge is 0.131 e. The molecule has 0 aliphatic carbocycles. The van der Waals surface area contributed by atoms with E-state index in [2.05, 4.69) is 54.6 Å². The molecular weight excluding hydrogens is 320 g/mol. The van der Waals surface area contributed by atoms with Gasteiger partial charge in [-0.05, 0) is 44.9 Å². The van der Waals surface area contributed by atoms with Gasteiger partial charge in [-0.1, -0.05) is 60.7 Å². The maximum atomic E-state index is 6.13. The highest BCUT2D eigenvalue weighted by Crippen LogP contribution is 2.41. The van der Waals surface area contributed by atoms with E-state index in [0.29, 0.717) is 0 Å². The Bertz CT molecular complexity index is 768. The summed E-state index contributed by atoms with van der Waals surface area (Å²) in [5.74, 6) is 1.70. The Kier molecular flexibility index (Phi) is 5.62. The van der Waals surface area contributed by atoms with Crippen LogP contribution in [0.2, 0.25) is 0 Å². The normalized spacial score (nSPS) is 11.0. The SMILES string of the molecule is CC(C)Oc1cc(OC(C)C)c(-c2ccccc2)cc1-c1ccccc1. The van der Waals surface area contributed by atoms with Gasteiger partial charge in [0, 0.05) is 17.2 Å². The number of ether oxygens (including phenoxy) is 2. The van der Waals surface area contributed by atoms with Crippen LogP contribution in [0, 0.1) is 0 Å². The van der Waals surface area contributed by atoms with Gasteiger partial charge in [0.25, 0.3) is 0 Å². The van der Waals surface area contributed by atoms with Crippen LogP contribution in [-0.4, -0.2) is 12.2 Å². The number of hydrogen-bond acceptors (Lipinski definition) is 2. The molecule has 134 valence electrons. The summed E-state index contributed by atoms with van der Waals surface area (Å²) >= 11 is 0. The summed E-state index contributed by atoms with van der Waals surface area (Å²) in [7, 11) is 0. The first-order valence-corrected chi connectivity index (χ1v) is 9.17. The molecule has 0 saturated carbocycles. The highest BCUT2D eigenvalue weighted by atomic mass is 16.5. The largest absolute Gasteiger partial charge is 0.490 e. The van der Waals surface area contributed by atoms with Gasteiger partial charge in [0.1, 0.15) is 11.5 Å². The first kappa shape index (κ1) is 18.1. The molecule has 0 radical (unpaired) electrons. The molecule has 0 aromatic heterocycles. The third-order valence-corrected chi connectivity index (χ3v) is 3.98. The second kappa shape index (κ2) is 8.09. The molecule has 0 amide bonds. The van der Waals surface area contributed by atoms with Crippen LogP contribution in [0.4, 0.5) is 0 Å². The Morgan fingerprint density at radius 1 is 0.538 bits per heavy atom. The van der Waals surface area contributed by atoms with Crippen LogP contribution in [0.25, 0.3) is 22.3 Å². The predicted molar refractivity (Wildman–Crippen MR) is 109 cm³/mol. The average molecular weight is 346 g/mol. The van der Waals surface area contributed by atoms with Gasteiger partial charge in [-0.15, -0.1) is 0 Å². The van der Waals surface area contributed by atoms with Crippen molar-refractivity contribution >= 4 is 0 Å². The fourth-order valence-corrected chi connectivity index (χ4v) is 2.95. The molecule has 0 heterocycles. The third kappa shape index (κ3) is 4.26. The summed E-state index contributed by atoms with van der Waals surface area (Å²) in [6.45, 7) is 8.18. The van der Waals surface area contributed by atoms with E-state index in [1.807, 2.05) is 45.9 Å². The Labute approximate surface area is 156 Å². The van der Waals surface area contributed by atoms with Gasteiger partial charge in [-0.2, -0.15) is 0 Å². The molecule has 0 spiro atoms. The molecular formula is C24H26O2. The molecule has 0 aliphatic rings. The van der Waals surface area contributed by atoms with Crippen LogP contribution in [0.3, 0.4) is 0 Å². The van der Waals surface area contributed by atoms with Crippen molar-refractivity contribution in [1.82, 2.24) is 0 Å². The van der Waals surface area contributed by atoms with Crippen LogP contribution in [0.15, 0.2) is 72.8 Å². The van der Waals surface area contributed by atoms with Gasteiger partial charge < -0.3 is 9.47 Å². The first-order valence-electron chi connectivity index (χ1n) is 9.17. The summed E-state index contributed by atoms with van der Waals surface area (Å²) in [4.78, 5) is 0. The molecule has 3 rings (SSSR count). The minimum atomic E-state index is 0.0898. The summed E-state index contributed by atoms with van der Waals surface area (Å²) in [6, 6.07) is 24.9. The Balaban J connectivity index is 2.22. The van der Waals surface area contributed by atoms with Crippen molar-refractivity contribution in [3.8, 4) is 33.8 Å². The van der Waals surface area contributed by atoms with Gasteiger partial charge in [0.05, 0.1) is 12.2 Å². The zero-order chi connectivity index (χ0) is 18.5. The van der Waals surface area contributed by atoms with Crippen LogP contribution in [-0.2, 0) is 0 Å². The van der Waals surface area contributed by atoms with Gasteiger partial charge in [-0.25, -0.2) is 0 Å². The van der Waals surface area contributed by atoms with Crippen molar-refractivity contribution in [2.75, 3.05) is 0 Å². The number of hydrogen-bond donors (Lipinski definition) is 0. The zero-order valence-electron chi connectivity index (χ0n) is 15.9. The minimum Gasteiger partial charge on any atom is -0.490 e. The average Bonchev–Trinajstić information content (AvgIpc) is 2.62. The molecule has 0 fully saturated rings. The minimum absolute atomic E-state index is 0.0898. The quantitative estimate of drug-likeness (QED) is 0.501. The van der Waals surface area contributed by atoms with Crippen molar-refractivity contribution in [2.24, 2.45) is 0 Å². The second-order valence-electron chi connectivity index (χ2n) is 6.91. The Morgan fingerprint density at radius 3 is 1.27 bits per heavy atom. The third-order valence-electron chi connectivity index (χ3n) is 3.98. The van der Waals surface area contributed by atoms with Crippen LogP contribution >= 0.6 is 0 Å². The van der Waals surface area contributed by atoms with Gasteiger partial charge in [0.15, 0.2) is 0 Å². The van der Waals surface area contributed by atoms with Gasteiger partial charge in [0.2, 0.25) is 0 Å². The lowest BCUT2D eigenvalue weighted by atomic mass is 9.97. The van der Waals surface area contributed by atoms with Gasteiger partial charge >= 0.3 is 0 Å². The molecule has 3 aromatic carbocycles. The van der Waals surface area contributed by atoms with Crippen molar-refractivity contribution in [1.29, 1.82) is 0 Å². The van der Waals surface area contributed by atoms with Crippen molar-refractivity contribution < 1.29 is 9.47 Å². The lowest BCUT2D eigenvalue weighted by Crippen LogP contribution is -2.10. The lowest BCUT2D eigenvalue weighted by Gasteiger charge is -2.21. The van der Waals surface area contributed by atoms with E-state index in [4.69, 9.17) is 9.47 Å². The van der Waals surface area contributed by atoms with E-state index in [1.165, 1.54) is 0 Å². The van der Waals surface area contributed by atoms with E-state index in [-0.39, 0.29) is 12.2 Å². The van der Waals surface area contributed by atoms with Gasteiger partial charge in [-0.3, -0.25) is 0 Å². The second-order valence-corrected chi connectivity index (χ2v) is 6.91. The van der Waals surface area contributed by atoms with Crippen LogP contribution in [0.1, 0.15) is 27.7 Å². The highest BCUT2D eigenvalue weighted by molar-refractivity contribution is 5.82. The fourth-order valence-electron chi connectivity index (χ4n) is 2.95. The molecule has 2 nitrogen and oxygen atoms in total. The van der Waals surface area contributed by atoms with E-state index in [0.717, 1.165) is 33.8 Å². The highest BCUT2D eigenvalue weighted by Gasteiger charge is 2.16. The van der Waals surface area contributed by atoms with E-state index in [1.54, 1.807) is 0 Å².